The van der Waals surface area contributed by atoms with Gasteiger partial charge in [-0.05, 0) is 30.7 Å². The fourth-order valence-electron chi connectivity index (χ4n) is 3.05. The molecule has 2 aromatic rings. The number of amides is 2. The summed E-state index contributed by atoms with van der Waals surface area (Å²) in [6, 6.07) is 9.76. The number of halogens is 1. The number of piperazine rings is 1. The third-order valence-corrected chi connectivity index (χ3v) is 4.54. The Labute approximate surface area is 158 Å². The lowest BCUT2D eigenvalue weighted by atomic mass is 10.2. The van der Waals surface area contributed by atoms with E-state index in [0.717, 1.165) is 6.42 Å². The highest BCUT2D eigenvalue weighted by molar-refractivity contribution is 5.98. The largest absolute Gasteiger partial charge is 0.366 e. The van der Waals surface area contributed by atoms with Gasteiger partial charge < -0.3 is 15.1 Å². The molecule has 27 heavy (non-hydrogen) atoms. The molecule has 0 bridgehead atoms. The summed E-state index contributed by atoms with van der Waals surface area (Å²) in [5.41, 5.74) is 1.22. The molecule has 0 radical (unpaired) electrons. The van der Waals surface area contributed by atoms with Crippen LogP contribution in [0.4, 0.5) is 10.1 Å². The van der Waals surface area contributed by atoms with Crippen LogP contribution < -0.4 is 10.2 Å². The summed E-state index contributed by atoms with van der Waals surface area (Å²) in [6.45, 7) is 4.60. The van der Waals surface area contributed by atoms with E-state index in [4.69, 9.17) is 0 Å². The first-order valence-corrected chi connectivity index (χ1v) is 9.13. The Kier molecular flexibility index (Phi) is 6.01. The Balaban J connectivity index is 1.64. The minimum absolute atomic E-state index is 0.210. The molecule has 1 aromatic heterocycles. The molecular formula is C20H23FN4O2. The fraction of sp³-hybridized carbons (Fsp3) is 0.350. The maximum atomic E-state index is 13.9. The normalized spacial score (nSPS) is 14.1. The Hall–Kier alpha value is -2.96. The van der Waals surface area contributed by atoms with Crippen molar-refractivity contribution in [3.8, 4) is 0 Å². The predicted molar refractivity (Wildman–Crippen MR) is 101 cm³/mol. The molecule has 2 amide bonds. The van der Waals surface area contributed by atoms with Gasteiger partial charge in [-0.15, -0.1) is 0 Å². The van der Waals surface area contributed by atoms with Crippen molar-refractivity contribution in [2.75, 3.05) is 37.6 Å². The number of benzene rings is 1. The van der Waals surface area contributed by atoms with Crippen LogP contribution >= 0.6 is 0 Å². The van der Waals surface area contributed by atoms with Crippen LogP contribution in [-0.4, -0.2) is 54.4 Å². The number of aromatic nitrogens is 1. The monoisotopic (exact) mass is 370 g/mol. The molecule has 1 N–H and O–H groups in total. The number of rotatable bonds is 5. The first-order chi connectivity index (χ1) is 13.1. The van der Waals surface area contributed by atoms with E-state index in [1.807, 2.05) is 11.8 Å². The van der Waals surface area contributed by atoms with E-state index in [2.05, 4.69) is 10.3 Å². The Morgan fingerprint density at radius 3 is 2.59 bits per heavy atom. The molecule has 142 valence electrons. The van der Waals surface area contributed by atoms with Crippen molar-refractivity contribution in [1.82, 2.24) is 15.2 Å². The zero-order chi connectivity index (χ0) is 19.2. The summed E-state index contributed by atoms with van der Waals surface area (Å²) in [7, 11) is 0. The van der Waals surface area contributed by atoms with Gasteiger partial charge in [-0.25, -0.2) is 4.39 Å². The average Bonchev–Trinajstić information content (AvgIpc) is 2.72. The SMILES string of the molecule is CCCNC(=O)c1ccnc(C(=O)N2CCN(c3ccccc3F)CC2)c1. The molecule has 0 atom stereocenters. The molecule has 2 heterocycles. The molecular weight excluding hydrogens is 347 g/mol. The van der Waals surface area contributed by atoms with Crippen molar-refractivity contribution in [2.24, 2.45) is 0 Å². The molecule has 0 unspecified atom stereocenters. The Morgan fingerprint density at radius 1 is 1.15 bits per heavy atom. The van der Waals surface area contributed by atoms with Gasteiger partial charge in [0, 0.05) is 44.5 Å². The number of hydrogen-bond donors (Lipinski definition) is 1. The first kappa shape index (κ1) is 18.8. The topological polar surface area (TPSA) is 65.5 Å². The van der Waals surface area contributed by atoms with Crippen LogP contribution in [0.3, 0.4) is 0 Å². The molecule has 1 aliphatic heterocycles. The quantitative estimate of drug-likeness (QED) is 0.877. The van der Waals surface area contributed by atoms with Gasteiger partial charge in [0.15, 0.2) is 0 Å². The average molecular weight is 370 g/mol. The van der Waals surface area contributed by atoms with Crippen LogP contribution in [0.15, 0.2) is 42.6 Å². The second kappa shape index (κ2) is 8.62. The molecule has 1 aliphatic rings. The molecule has 1 saturated heterocycles. The second-order valence-corrected chi connectivity index (χ2v) is 6.42. The number of anilines is 1. The minimum atomic E-state index is -0.260. The zero-order valence-corrected chi connectivity index (χ0v) is 15.3. The fourth-order valence-corrected chi connectivity index (χ4v) is 3.05. The van der Waals surface area contributed by atoms with E-state index in [1.54, 1.807) is 29.2 Å². The number of hydrogen-bond acceptors (Lipinski definition) is 4. The smallest absolute Gasteiger partial charge is 0.272 e. The van der Waals surface area contributed by atoms with Gasteiger partial charge in [0.2, 0.25) is 0 Å². The summed E-state index contributed by atoms with van der Waals surface area (Å²) in [5.74, 6) is -0.685. The molecule has 7 heteroatoms. The number of carbonyl (C=O) groups is 2. The van der Waals surface area contributed by atoms with Gasteiger partial charge in [-0.3, -0.25) is 14.6 Å². The summed E-state index contributed by atoms with van der Waals surface area (Å²) in [4.78, 5) is 32.6. The lowest BCUT2D eigenvalue weighted by Gasteiger charge is -2.36. The minimum Gasteiger partial charge on any atom is -0.366 e. The van der Waals surface area contributed by atoms with Crippen LogP contribution in [0.2, 0.25) is 0 Å². The van der Waals surface area contributed by atoms with Gasteiger partial charge in [-0.1, -0.05) is 19.1 Å². The van der Waals surface area contributed by atoms with Crippen molar-refractivity contribution in [2.45, 2.75) is 13.3 Å². The van der Waals surface area contributed by atoms with Crippen LogP contribution in [0.5, 0.6) is 0 Å². The lowest BCUT2D eigenvalue weighted by molar-refractivity contribution is 0.0740. The third kappa shape index (κ3) is 4.42. The van der Waals surface area contributed by atoms with E-state index in [9.17, 15) is 14.0 Å². The molecule has 0 saturated carbocycles. The second-order valence-electron chi connectivity index (χ2n) is 6.42. The molecule has 1 fully saturated rings. The molecule has 6 nitrogen and oxygen atoms in total. The predicted octanol–water partition coefficient (Wildman–Crippen LogP) is 2.32. The Morgan fingerprint density at radius 2 is 1.89 bits per heavy atom. The van der Waals surface area contributed by atoms with E-state index in [-0.39, 0.29) is 23.3 Å². The first-order valence-electron chi connectivity index (χ1n) is 9.13. The highest BCUT2D eigenvalue weighted by Gasteiger charge is 2.24. The highest BCUT2D eigenvalue weighted by atomic mass is 19.1. The summed E-state index contributed by atoms with van der Waals surface area (Å²) >= 11 is 0. The summed E-state index contributed by atoms with van der Waals surface area (Å²) < 4.78 is 13.9. The number of nitrogens with one attached hydrogen (secondary N) is 1. The van der Waals surface area contributed by atoms with Gasteiger partial charge in [0.25, 0.3) is 11.8 Å². The van der Waals surface area contributed by atoms with Gasteiger partial charge >= 0.3 is 0 Å². The van der Waals surface area contributed by atoms with Crippen LogP contribution in [0.1, 0.15) is 34.2 Å². The lowest BCUT2D eigenvalue weighted by Crippen LogP contribution is -2.49. The van der Waals surface area contributed by atoms with Gasteiger partial charge in [0.05, 0.1) is 5.69 Å². The maximum Gasteiger partial charge on any atom is 0.272 e. The van der Waals surface area contributed by atoms with Crippen LogP contribution in [0, 0.1) is 5.82 Å². The number of nitrogens with zero attached hydrogens (tertiary/aromatic N) is 3. The zero-order valence-electron chi connectivity index (χ0n) is 15.3. The van der Waals surface area contributed by atoms with E-state index < -0.39 is 0 Å². The molecule has 0 spiro atoms. The molecule has 0 aliphatic carbocycles. The molecule has 1 aromatic carbocycles. The van der Waals surface area contributed by atoms with Crippen molar-refractivity contribution in [3.05, 3.63) is 59.7 Å². The number of pyridine rings is 1. The third-order valence-electron chi connectivity index (χ3n) is 4.54. The van der Waals surface area contributed by atoms with Crippen LogP contribution in [0.25, 0.3) is 0 Å². The van der Waals surface area contributed by atoms with E-state index in [1.165, 1.54) is 18.3 Å². The summed E-state index contributed by atoms with van der Waals surface area (Å²) in [5, 5.41) is 2.79. The number of carbonyl (C=O) groups excluding carboxylic acids is 2. The van der Waals surface area contributed by atoms with Crippen molar-refractivity contribution < 1.29 is 14.0 Å². The maximum absolute atomic E-state index is 13.9. The van der Waals surface area contributed by atoms with Crippen LogP contribution in [-0.2, 0) is 0 Å². The van der Waals surface area contributed by atoms with E-state index in [0.29, 0.717) is 44.0 Å². The standard InChI is InChI=1S/C20H23FN4O2/c1-2-8-23-19(26)15-7-9-22-17(14-15)20(27)25-12-10-24(11-13-25)18-6-4-3-5-16(18)21/h3-7,9,14H,2,8,10-13H2,1H3,(H,23,26). The van der Waals surface area contributed by atoms with Crippen molar-refractivity contribution in [3.63, 3.8) is 0 Å². The Bertz CT molecular complexity index is 819. The van der Waals surface area contributed by atoms with Gasteiger partial charge in [-0.2, -0.15) is 0 Å². The molecule has 3 rings (SSSR count). The summed E-state index contributed by atoms with van der Waals surface area (Å²) in [6.07, 6.45) is 2.32. The van der Waals surface area contributed by atoms with E-state index >= 15 is 0 Å². The highest BCUT2D eigenvalue weighted by Crippen LogP contribution is 2.20. The van der Waals surface area contributed by atoms with Crippen molar-refractivity contribution in [1.29, 1.82) is 0 Å². The number of para-hydroxylation sites is 1. The van der Waals surface area contributed by atoms with Gasteiger partial charge in [0.1, 0.15) is 11.5 Å². The van der Waals surface area contributed by atoms with Crippen molar-refractivity contribution >= 4 is 17.5 Å².